The highest BCUT2D eigenvalue weighted by molar-refractivity contribution is 7.17. The van der Waals surface area contributed by atoms with E-state index < -0.39 is 5.69 Å². The number of thiophene rings is 1. The largest absolute Gasteiger partial charge is 0.383 e. The summed E-state index contributed by atoms with van der Waals surface area (Å²) in [7, 11) is 1.49. The van der Waals surface area contributed by atoms with E-state index in [-0.39, 0.29) is 31.2 Å². The second-order valence-electron chi connectivity index (χ2n) is 5.96. The van der Waals surface area contributed by atoms with Gasteiger partial charge in [-0.1, -0.05) is 17.7 Å². The van der Waals surface area contributed by atoms with E-state index in [1.165, 1.54) is 23.0 Å². The van der Waals surface area contributed by atoms with E-state index in [0.717, 1.165) is 10.1 Å². The van der Waals surface area contributed by atoms with Gasteiger partial charge in [0.1, 0.15) is 11.2 Å². The van der Waals surface area contributed by atoms with Gasteiger partial charge in [-0.25, -0.2) is 4.79 Å². The molecule has 1 aromatic carbocycles. The maximum absolute atomic E-state index is 12.8. The van der Waals surface area contributed by atoms with Crippen molar-refractivity contribution in [1.82, 2.24) is 9.13 Å². The molecule has 142 valence electrons. The Morgan fingerprint density at radius 3 is 2.78 bits per heavy atom. The lowest BCUT2D eigenvalue weighted by atomic mass is 10.2. The predicted octanol–water partition coefficient (Wildman–Crippen LogP) is 2.47. The number of amides is 1. The molecule has 3 rings (SSSR count). The van der Waals surface area contributed by atoms with E-state index >= 15 is 0 Å². The number of hydrogen-bond donors (Lipinski definition) is 1. The highest BCUT2D eigenvalue weighted by Crippen LogP contribution is 2.20. The zero-order valence-electron chi connectivity index (χ0n) is 14.8. The first kappa shape index (κ1) is 19.3. The Bertz CT molecular complexity index is 1120. The summed E-state index contributed by atoms with van der Waals surface area (Å²) in [4.78, 5) is 37.9. The lowest BCUT2D eigenvalue weighted by molar-refractivity contribution is -0.116. The topological polar surface area (TPSA) is 82.3 Å². The fourth-order valence-electron chi connectivity index (χ4n) is 2.73. The molecule has 1 amide bonds. The number of nitrogens with zero attached hydrogens (tertiary/aromatic N) is 2. The summed E-state index contributed by atoms with van der Waals surface area (Å²) in [6.45, 7) is 1.97. The molecule has 0 aliphatic rings. The zero-order valence-corrected chi connectivity index (χ0v) is 16.4. The lowest BCUT2D eigenvalue weighted by Gasteiger charge is -2.13. The average molecular weight is 408 g/mol. The van der Waals surface area contributed by atoms with E-state index in [1.54, 1.807) is 29.6 Å². The van der Waals surface area contributed by atoms with Crippen molar-refractivity contribution in [2.45, 2.75) is 20.0 Å². The van der Waals surface area contributed by atoms with Crippen LogP contribution in [0.5, 0.6) is 0 Å². The van der Waals surface area contributed by atoms with Gasteiger partial charge >= 0.3 is 5.69 Å². The third-order valence-electron chi connectivity index (χ3n) is 4.13. The smallest absolute Gasteiger partial charge is 0.332 e. The molecule has 0 saturated carbocycles. The number of halogens is 1. The van der Waals surface area contributed by atoms with Gasteiger partial charge in [-0.2, -0.15) is 0 Å². The number of carbonyl (C=O) groups excluding carboxylic acids is 1. The summed E-state index contributed by atoms with van der Waals surface area (Å²) in [6, 6.07) is 6.85. The first-order chi connectivity index (χ1) is 12.9. The molecule has 1 N–H and O–H groups in total. The molecule has 0 unspecified atom stereocenters. The van der Waals surface area contributed by atoms with E-state index in [9.17, 15) is 14.4 Å². The maximum atomic E-state index is 12.8. The number of benzene rings is 1. The molecule has 0 radical (unpaired) electrons. The molecule has 0 spiro atoms. The summed E-state index contributed by atoms with van der Waals surface area (Å²) >= 11 is 7.22. The van der Waals surface area contributed by atoms with Crippen LogP contribution in [0.15, 0.2) is 39.2 Å². The van der Waals surface area contributed by atoms with E-state index in [4.69, 9.17) is 16.3 Å². The second kappa shape index (κ2) is 8.08. The van der Waals surface area contributed by atoms with Gasteiger partial charge in [0.2, 0.25) is 5.91 Å². The SMILES string of the molecule is COCCn1c(=O)c2sccc2n(CC(=O)Nc2cc(Cl)ccc2C)c1=O. The minimum atomic E-state index is -0.541. The van der Waals surface area contributed by atoms with E-state index in [1.807, 2.05) is 6.92 Å². The van der Waals surface area contributed by atoms with Gasteiger partial charge in [-0.3, -0.25) is 18.7 Å². The molecule has 0 fully saturated rings. The number of methoxy groups -OCH3 is 1. The van der Waals surface area contributed by atoms with Gasteiger partial charge in [0.15, 0.2) is 0 Å². The average Bonchev–Trinajstić information content (AvgIpc) is 3.12. The highest BCUT2D eigenvalue weighted by atomic mass is 35.5. The van der Waals surface area contributed by atoms with Crippen LogP contribution < -0.4 is 16.6 Å². The number of nitrogens with one attached hydrogen (secondary N) is 1. The Kier molecular flexibility index (Phi) is 5.79. The van der Waals surface area contributed by atoms with Crippen molar-refractivity contribution < 1.29 is 9.53 Å². The van der Waals surface area contributed by atoms with Gasteiger partial charge < -0.3 is 10.1 Å². The molecule has 0 aliphatic carbocycles. The standard InChI is InChI=1S/C18H18ClN3O4S/c1-11-3-4-12(19)9-13(11)20-15(23)10-22-14-5-8-27-16(14)17(24)21(18(22)25)6-7-26-2/h3-5,8-9H,6-7,10H2,1-2H3,(H,20,23). The van der Waals surface area contributed by atoms with Crippen LogP contribution in [0.25, 0.3) is 10.2 Å². The molecule has 9 heteroatoms. The number of ether oxygens (including phenoxy) is 1. The summed E-state index contributed by atoms with van der Waals surface area (Å²) in [5.74, 6) is -0.382. The lowest BCUT2D eigenvalue weighted by Crippen LogP contribution is -2.42. The monoisotopic (exact) mass is 407 g/mol. The summed E-state index contributed by atoms with van der Waals surface area (Å²) in [5, 5.41) is 4.99. The molecular formula is C18H18ClN3O4S. The highest BCUT2D eigenvalue weighted by Gasteiger charge is 2.16. The Hall–Kier alpha value is -2.42. The molecule has 0 bridgehead atoms. The van der Waals surface area contributed by atoms with Crippen LogP contribution in [-0.2, 0) is 22.6 Å². The molecule has 27 heavy (non-hydrogen) atoms. The van der Waals surface area contributed by atoms with Gasteiger partial charge in [0, 0.05) is 17.8 Å². The Morgan fingerprint density at radius 2 is 2.04 bits per heavy atom. The van der Waals surface area contributed by atoms with E-state index in [0.29, 0.717) is 20.9 Å². The van der Waals surface area contributed by atoms with Crippen LogP contribution >= 0.6 is 22.9 Å². The number of hydrogen-bond acceptors (Lipinski definition) is 5. The van der Waals surface area contributed by atoms with Crippen molar-refractivity contribution in [1.29, 1.82) is 0 Å². The first-order valence-electron chi connectivity index (χ1n) is 8.18. The number of aryl methyl sites for hydroxylation is 1. The second-order valence-corrected chi connectivity index (χ2v) is 7.31. The molecule has 0 atom stereocenters. The normalized spacial score (nSPS) is 11.1. The third kappa shape index (κ3) is 3.97. The fraction of sp³-hybridized carbons (Fsp3) is 0.278. The fourth-order valence-corrected chi connectivity index (χ4v) is 3.74. The number of fused-ring (bicyclic) bond motifs is 1. The van der Waals surface area contributed by atoms with Gasteiger partial charge in [0.25, 0.3) is 5.56 Å². The predicted molar refractivity (Wildman–Crippen MR) is 107 cm³/mol. The quantitative estimate of drug-likeness (QED) is 0.680. The Morgan fingerprint density at radius 1 is 1.26 bits per heavy atom. The number of aromatic nitrogens is 2. The van der Waals surface area contributed by atoms with Crippen molar-refractivity contribution in [3.05, 3.63) is 61.1 Å². The molecule has 7 nitrogen and oxygen atoms in total. The first-order valence-corrected chi connectivity index (χ1v) is 9.44. The van der Waals surface area contributed by atoms with Crippen LogP contribution in [0.1, 0.15) is 5.56 Å². The van der Waals surface area contributed by atoms with Crippen LogP contribution in [0.3, 0.4) is 0 Å². The van der Waals surface area contributed by atoms with Crippen molar-refractivity contribution in [3.8, 4) is 0 Å². The molecular weight excluding hydrogens is 390 g/mol. The number of anilines is 1. The minimum absolute atomic E-state index is 0.122. The maximum Gasteiger partial charge on any atom is 0.332 e. The summed E-state index contributed by atoms with van der Waals surface area (Å²) in [5.41, 5.74) is 0.965. The van der Waals surface area contributed by atoms with E-state index in [2.05, 4.69) is 5.32 Å². The van der Waals surface area contributed by atoms with Crippen LogP contribution in [0.2, 0.25) is 5.02 Å². The summed E-state index contributed by atoms with van der Waals surface area (Å²) < 4.78 is 7.81. The molecule has 0 saturated heterocycles. The van der Waals surface area contributed by atoms with Gasteiger partial charge in [0.05, 0.1) is 18.7 Å². The Balaban J connectivity index is 1.97. The van der Waals surface area contributed by atoms with Crippen molar-refractivity contribution in [2.75, 3.05) is 19.0 Å². The summed E-state index contributed by atoms with van der Waals surface area (Å²) in [6.07, 6.45) is 0. The van der Waals surface area contributed by atoms with Crippen LogP contribution in [0.4, 0.5) is 5.69 Å². The molecule has 2 heterocycles. The minimum Gasteiger partial charge on any atom is -0.383 e. The Labute approximate surface area is 163 Å². The van der Waals surface area contributed by atoms with Crippen molar-refractivity contribution >= 4 is 44.7 Å². The molecule has 2 aromatic heterocycles. The van der Waals surface area contributed by atoms with Gasteiger partial charge in [-0.15, -0.1) is 11.3 Å². The molecule has 3 aromatic rings. The van der Waals surface area contributed by atoms with Crippen LogP contribution in [-0.4, -0.2) is 28.8 Å². The number of rotatable bonds is 6. The third-order valence-corrected chi connectivity index (χ3v) is 5.26. The van der Waals surface area contributed by atoms with Gasteiger partial charge in [-0.05, 0) is 36.1 Å². The number of carbonyl (C=O) groups is 1. The van der Waals surface area contributed by atoms with Crippen LogP contribution in [0, 0.1) is 6.92 Å². The van der Waals surface area contributed by atoms with Crippen molar-refractivity contribution in [3.63, 3.8) is 0 Å². The zero-order chi connectivity index (χ0) is 19.6. The van der Waals surface area contributed by atoms with Crippen molar-refractivity contribution in [2.24, 2.45) is 0 Å². The molecule has 0 aliphatic heterocycles.